The van der Waals surface area contributed by atoms with Gasteiger partial charge in [-0.05, 0) is 38.1 Å². The number of amides is 2. The van der Waals surface area contributed by atoms with Crippen LogP contribution in [0.2, 0.25) is 5.02 Å². The Morgan fingerprint density at radius 3 is 2.47 bits per heavy atom. The molecule has 2 unspecified atom stereocenters. The number of halogens is 1. The summed E-state index contributed by atoms with van der Waals surface area (Å²) < 4.78 is 17.2. The molecule has 0 saturated heterocycles. The van der Waals surface area contributed by atoms with Crippen molar-refractivity contribution in [2.24, 2.45) is 0 Å². The van der Waals surface area contributed by atoms with E-state index in [1.165, 1.54) is 7.11 Å². The maximum atomic E-state index is 12.0. The SMILES string of the molecule is COc1cc2c(Oc3ccc(NC(=O)NC(C)C)c(Cl)c3)ccnc2cc1OCC(O)CC(O)CC(=O)O. The third-order valence-electron chi connectivity index (χ3n) is 5.21. The molecule has 0 fully saturated rings. The number of rotatable bonds is 12. The number of fused-ring (bicyclic) bond motifs is 1. The lowest BCUT2D eigenvalue weighted by Gasteiger charge is -2.17. The van der Waals surface area contributed by atoms with E-state index in [0.29, 0.717) is 44.6 Å². The van der Waals surface area contributed by atoms with E-state index in [-0.39, 0.29) is 25.1 Å². The van der Waals surface area contributed by atoms with E-state index >= 15 is 0 Å². The van der Waals surface area contributed by atoms with Crippen molar-refractivity contribution in [1.82, 2.24) is 10.3 Å². The molecule has 1 heterocycles. The van der Waals surface area contributed by atoms with E-state index in [1.54, 1.807) is 42.6 Å². The molecule has 0 spiro atoms. The fourth-order valence-electron chi connectivity index (χ4n) is 3.55. The standard InChI is InChI=1S/C26H30ClN3O8/c1-14(2)29-26(35)30-20-5-4-17(10-19(20)27)38-22-6-7-28-21-12-24(23(36-3)11-18(21)22)37-13-16(32)8-15(31)9-25(33)34/h4-7,10-12,14-16,31-32H,8-9,13H2,1-3H3,(H,33,34)(H2,29,30,35). The third kappa shape index (κ3) is 8.10. The quantitative estimate of drug-likeness (QED) is 0.224. The topological polar surface area (TPSA) is 159 Å². The first kappa shape index (κ1) is 28.8. The molecule has 2 aromatic carbocycles. The van der Waals surface area contributed by atoms with E-state index in [1.807, 2.05) is 13.8 Å². The Labute approximate surface area is 224 Å². The van der Waals surface area contributed by atoms with Crippen LogP contribution in [0.15, 0.2) is 42.6 Å². The molecule has 11 nitrogen and oxygen atoms in total. The maximum Gasteiger partial charge on any atom is 0.319 e. The second-order valence-corrected chi connectivity index (χ2v) is 9.19. The van der Waals surface area contributed by atoms with Crippen molar-refractivity contribution in [3.63, 3.8) is 0 Å². The first-order chi connectivity index (χ1) is 18.0. The number of carboxylic acids is 1. The summed E-state index contributed by atoms with van der Waals surface area (Å²) in [6, 6.07) is 9.44. The number of ether oxygens (including phenoxy) is 3. The first-order valence-electron chi connectivity index (χ1n) is 11.8. The van der Waals surface area contributed by atoms with Gasteiger partial charge < -0.3 is 40.2 Å². The molecule has 0 radical (unpaired) electrons. The van der Waals surface area contributed by atoms with Crippen LogP contribution >= 0.6 is 11.6 Å². The van der Waals surface area contributed by atoms with Crippen LogP contribution < -0.4 is 24.8 Å². The number of aliphatic hydroxyl groups is 2. The van der Waals surface area contributed by atoms with Crippen LogP contribution in [-0.2, 0) is 4.79 Å². The lowest BCUT2D eigenvalue weighted by Crippen LogP contribution is -2.34. The molecule has 0 aliphatic rings. The number of nitrogens with one attached hydrogen (secondary N) is 2. The number of urea groups is 1. The molecule has 1 aromatic heterocycles. The number of pyridine rings is 1. The van der Waals surface area contributed by atoms with Crippen LogP contribution in [0.1, 0.15) is 26.7 Å². The van der Waals surface area contributed by atoms with Gasteiger partial charge in [-0.2, -0.15) is 0 Å². The number of carboxylic acid groups (broad SMARTS) is 1. The first-order valence-corrected chi connectivity index (χ1v) is 12.2. The van der Waals surface area contributed by atoms with Gasteiger partial charge in [-0.15, -0.1) is 0 Å². The van der Waals surface area contributed by atoms with Gasteiger partial charge in [0.2, 0.25) is 0 Å². The fraction of sp³-hybridized carbons (Fsp3) is 0.346. The third-order valence-corrected chi connectivity index (χ3v) is 5.52. The second-order valence-electron chi connectivity index (χ2n) is 8.78. The van der Waals surface area contributed by atoms with E-state index in [9.17, 15) is 19.8 Å². The Morgan fingerprint density at radius 2 is 1.82 bits per heavy atom. The van der Waals surface area contributed by atoms with Crippen molar-refractivity contribution in [3.8, 4) is 23.0 Å². The minimum atomic E-state index is -1.19. The average Bonchev–Trinajstić information content (AvgIpc) is 2.83. The molecule has 5 N–H and O–H groups in total. The van der Waals surface area contributed by atoms with Crippen molar-refractivity contribution in [1.29, 1.82) is 0 Å². The van der Waals surface area contributed by atoms with Gasteiger partial charge in [-0.25, -0.2) is 4.79 Å². The predicted molar refractivity (Wildman–Crippen MR) is 141 cm³/mol. The zero-order valence-corrected chi connectivity index (χ0v) is 21.9. The summed E-state index contributed by atoms with van der Waals surface area (Å²) in [4.78, 5) is 27.0. The van der Waals surface area contributed by atoms with E-state index in [0.717, 1.165) is 0 Å². The normalized spacial score (nSPS) is 12.6. The number of carbonyl (C=O) groups excluding carboxylic acids is 1. The Bertz CT molecular complexity index is 1290. The summed E-state index contributed by atoms with van der Waals surface area (Å²) in [5.74, 6) is 0.387. The molecule has 3 rings (SSSR count). The summed E-state index contributed by atoms with van der Waals surface area (Å²) in [7, 11) is 1.46. The van der Waals surface area contributed by atoms with E-state index in [2.05, 4.69) is 15.6 Å². The van der Waals surface area contributed by atoms with Crippen molar-refractivity contribution < 1.29 is 39.1 Å². The van der Waals surface area contributed by atoms with Gasteiger partial charge in [0.05, 0.1) is 42.0 Å². The van der Waals surface area contributed by atoms with Crippen LogP contribution in [-0.4, -0.2) is 64.3 Å². The molecule has 2 amide bonds. The summed E-state index contributed by atoms with van der Waals surface area (Å²) in [6.07, 6.45) is -1.36. The van der Waals surface area contributed by atoms with Crippen molar-refractivity contribution in [2.45, 2.75) is 44.9 Å². The largest absolute Gasteiger partial charge is 0.493 e. The number of aliphatic carboxylic acids is 1. The summed E-state index contributed by atoms with van der Waals surface area (Å²) in [6.45, 7) is 3.50. The van der Waals surface area contributed by atoms with Gasteiger partial charge in [0.1, 0.15) is 18.1 Å². The number of carbonyl (C=O) groups is 2. The van der Waals surface area contributed by atoms with Gasteiger partial charge in [-0.3, -0.25) is 9.78 Å². The van der Waals surface area contributed by atoms with Gasteiger partial charge in [0.15, 0.2) is 11.5 Å². The number of anilines is 1. The average molecular weight is 548 g/mol. The summed E-state index contributed by atoms with van der Waals surface area (Å²) in [5, 5.41) is 34.9. The van der Waals surface area contributed by atoms with Gasteiger partial charge >= 0.3 is 12.0 Å². The highest BCUT2D eigenvalue weighted by atomic mass is 35.5. The zero-order valence-electron chi connectivity index (χ0n) is 21.1. The Morgan fingerprint density at radius 1 is 1.05 bits per heavy atom. The molecule has 2 atom stereocenters. The maximum absolute atomic E-state index is 12.0. The Balaban J connectivity index is 1.75. The highest BCUT2D eigenvalue weighted by Gasteiger charge is 2.18. The molecule has 0 aliphatic heterocycles. The number of hydrogen-bond donors (Lipinski definition) is 5. The van der Waals surface area contributed by atoms with Gasteiger partial charge in [0.25, 0.3) is 0 Å². The monoisotopic (exact) mass is 547 g/mol. The lowest BCUT2D eigenvalue weighted by atomic mass is 10.1. The molecule has 0 saturated carbocycles. The van der Waals surface area contributed by atoms with Gasteiger partial charge in [-0.1, -0.05) is 11.6 Å². The number of methoxy groups -OCH3 is 1. The Kier molecular flexibility index (Phi) is 9.94. The van der Waals surface area contributed by atoms with Crippen molar-refractivity contribution in [2.75, 3.05) is 19.0 Å². The predicted octanol–water partition coefficient (Wildman–Crippen LogP) is 4.18. The minimum absolute atomic E-state index is 0.0268. The molecule has 0 bridgehead atoms. The van der Waals surface area contributed by atoms with Gasteiger partial charge in [0, 0.05) is 36.2 Å². The van der Waals surface area contributed by atoms with E-state index < -0.39 is 24.6 Å². The number of hydrogen-bond acceptors (Lipinski definition) is 8. The van der Waals surface area contributed by atoms with Crippen LogP contribution in [0.25, 0.3) is 10.9 Å². The Hall–Kier alpha value is -3.80. The number of benzene rings is 2. The zero-order chi connectivity index (χ0) is 27.8. The van der Waals surface area contributed by atoms with Crippen molar-refractivity contribution in [3.05, 3.63) is 47.6 Å². The van der Waals surface area contributed by atoms with Crippen LogP contribution in [0.5, 0.6) is 23.0 Å². The fourth-order valence-corrected chi connectivity index (χ4v) is 3.77. The van der Waals surface area contributed by atoms with Crippen LogP contribution in [0.4, 0.5) is 10.5 Å². The summed E-state index contributed by atoms with van der Waals surface area (Å²) in [5.41, 5.74) is 0.950. The van der Waals surface area contributed by atoms with Crippen molar-refractivity contribution >= 4 is 40.2 Å². The number of aliphatic hydroxyl groups excluding tert-OH is 2. The number of aromatic nitrogens is 1. The van der Waals surface area contributed by atoms with Crippen LogP contribution in [0, 0.1) is 0 Å². The minimum Gasteiger partial charge on any atom is -0.493 e. The smallest absolute Gasteiger partial charge is 0.319 e. The summed E-state index contributed by atoms with van der Waals surface area (Å²) >= 11 is 6.34. The highest BCUT2D eigenvalue weighted by Crippen LogP contribution is 2.38. The number of nitrogens with zero attached hydrogens (tertiary/aromatic N) is 1. The molecule has 3 aromatic rings. The second kappa shape index (κ2) is 13.1. The molecular weight excluding hydrogens is 518 g/mol. The molecule has 204 valence electrons. The van der Waals surface area contributed by atoms with E-state index in [4.69, 9.17) is 30.9 Å². The molecule has 38 heavy (non-hydrogen) atoms. The van der Waals surface area contributed by atoms with Crippen LogP contribution in [0.3, 0.4) is 0 Å². The lowest BCUT2D eigenvalue weighted by molar-refractivity contribution is -0.139. The molecule has 0 aliphatic carbocycles. The molecule has 12 heteroatoms. The highest BCUT2D eigenvalue weighted by molar-refractivity contribution is 6.33. The molecular formula is C26H30ClN3O8.